The molecule has 0 radical (unpaired) electrons. The second kappa shape index (κ2) is 8.49. The molecule has 0 atom stereocenters. The van der Waals surface area contributed by atoms with Gasteiger partial charge in [0.1, 0.15) is 0 Å². The largest absolute Gasteiger partial charge is 0.460 e. The van der Waals surface area contributed by atoms with E-state index in [9.17, 15) is 39.5 Å². The predicted molar refractivity (Wildman–Crippen MR) is 89.9 cm³/mol. The Labute approximate surface area is 162 Å². The van der Waals surface area contributed by atoms with Crippen LogP contribution >= 0.6 is 0 Å². The molecule has 0 aromatic carbocycles. The summed E-state index contributed by atoms with van der Waals surface area (Å²) in [6.07, 6.45) is 0.705. The first kappa shape index (κ1) is 23.4. The van der Waals surface area contributed by atoms with Crippen molar-refractivity contribution in [3.05, 3.63) is 34.9 Å². The van der Waals surface area contributed by atoms with E-state index in [2.05, 4.69) is 11.8 Å². The average Bonchev–Trinajstić information content (AvgIpc) is 2.65. The Morgan fingerprint density at radius 3 is 1.83 bits per heavy atom. The number of halogens is 9. The van der Waals surface area contributed by atoms with Gasteiger partial charge in [0.05, 0.1) is 0 Å². The maximum atomic E-state index is 14.1. The molecule has 0 N–H and O–H groups in total. The molecule has 29 heavy (non-hydrogen) atoms. The van der Waals surface area contributed by atoms with Crippen LogP contribution in [0.3, 0.4) is 0 Å². The van der Waals surface area contributed by atoms with Crippen molar-refractivity contribution in [1.82, 2.24) is 0 Å². The third-order valence-corrected chi connectivity index (χ3v) is 4.78. The van der Waals surface area contributed by atoms with E-state index >= 15 is 0 Å². The SMILES string of the molecule is FC(F)(F)C(F)(F)C(F)(F)C(F)(F)/C=C(/C#CC1=CCCCC1)C1=CCCCC1. The summed E-state index contributed by atoms with van der Waals surface area (Å²) in [5, 5.41) is 0. The molecule has 0 bridgehead atoms. The molecule has 0 aromatic rings. The number of rotatable bonds is 4. The summed E-state index contributed by atoms with van der Waals surface area (Å²) in [5.74, 6) is -14.5. The van der Waals surface area contributed by atoms with Crippen LogP contribution in [0.5, 0.6) is 0 Å². The number of hydrogen-bond donors (Lipinski definition) is 0. The van der Waals surface area contributed by atoms with Crippen molar-refractivity contribution in [2.45, 2.75) is 75.3 Å². The zero-order valence-electron chi connectivity index (χ0n) is 15.3. The lowest BCUT2D eigenvalue weighted by Crippen LogP contribution is -2.60. The van der Waals surface area contributed by atoms with Crippen LogP contribution in [-0.2, 0) is 0 Å². The van der Waals surface area contributed by atoms with Crippen LogP contribution in [-0.4, -0.2) is 23.9 Å². The second-order valence-electron chi connectivity index (χ2n) is 7.03. The summed E-state index contributed by atoms with van der Waals surface area (Å²) >= 11 is 0. The summed E-state index contributed by atoms with van der Waals surface area (Å²) in [4.78, 5) is 0. The highest BCUT2D eigenvalue weighted by atomic mass is 19.4. The van der Waals surface area contributed by atoms with E-state index < -0.39 is 35.6 Å². The predicted octanol–water partition coefficient (Wildman–Crippen LogP) is 7.39. The van der Waals surface area contributed by atoms with Gasteiger partial charge in [0.15, 0.2) is 0 Å². The van der Waals surface area contributed by atoms with Gasteiger partial charge < -0.3 is 0 Å². The van der Waals surface area contributed by atoms with Gasteiger partial charge in [-0.2, -0.15) is 39.5 Å². The van der Waals surface area contributed by atoms with Crippen molar-refractivity contribution >= 4 is 0 Å². The third kappa shape index (κ3) is 5.01. The maximum Gasteiger partial charge on any atom is 0.460 e. The van der Waals surface area contributed by atoms with E-state index in [4.69, 9.17) is 0 Å². The van der Waals surface area contributed by atoms with Crippen LogP contribution in [0.25, 0.3) is 0 Å². The van der Waals surface area contributed by atoms with Crippen LogP contribution in [0.4, 0.5) is 39.5 Å². The Kier molecular flexibility index (Phi) is 6.86. The summed E-state index contributed by atoms with van der Waals surface area (Å²) in [6.45, 7) is 0. The van der Waals surface area contributed by atoms with Gasteiger partial charge >= 0.3 is 23.9 Å². The van der Waals surface area contributed by atoms with Gasteiger partial charge in [-0.3, -0.25) is 0 Å². The Hall–Kier alpha value is -1.85. The molecule has 0 spiro atoms. The molecule has 0 nitrogen and oxygen atoms in total. The van der Waals surface area contributed by atoms with Crippen molar-refractivity contribution in [3.8, 4) is 11.8 Å². The van der Waals surface area contributed by atoms with Crippen molar-refractivity contribution in [2.24, 2.45) is 0 Å². The molecular weight excluding hydrogens is 411 g/mol. The summed E-state index contributed by atoms with van der Waals surface area (Å²) < 4.78 is 119. The molecule has 0 fully saturated rings. The first-order valence-electron chi connectivity index (χ1n) is 9.13. The number of allylic oxidation sites excluding steroid dienone is 6. The van der Waals surface area contributed by atoms with Crippen LogP contribution < -0.4 is 0 Å². The quantitative estimate of drug-likeness (QED) is 0.322. The number of alkyl halides is 9. The molecule has 0 unspecified atom stereocenters. The second-order valence-corrected chi connectivity index (χ2v) is 7.03. The van der Waals surface area contributed by atoms with E-state index in [1.807, 2.05) is 0 Å². The maximum absolute atomic E-state index is 14.1. The van der Waals surface area contributed by atoms with Crippen LogP contribution in [0.1, 0.15) is 51.4 Å². The monoisotopic (exact) mass is 430 g/mol. The van der Waals surface area contributed by atoms with Gasteiger partial charge in [0, 0.05) is 11.6 Å². The summed E-state index contributed by atoms with van der Waals surface area (Å²) in [5.41, 5.74) is 0.0963. The zero-order chi connectivity index (χ0) is 21.9. The lowest BCUT2D eigenvalue weighted by Gasteiger charge is -2.32. The molecule has 0 amide bonds. The average molecular weight is 430 g/mol. The molecule has 0 aliphatic heterocycles. The summed E-state index contributed by atoms with van der Waals surface area (Å²) in [6, 6.07) is 0. The third-order valence-electron chi connectivity index (χ3n) is 4.78. The highest BCUT2D eigenvalue weighted by Gasteiger charge is 2.81. The van der Waals surface area contributed by atoms with Gasteiger partial charge in [-0.25, -0.2) is 0 Å². The van der Waals surface area contributed by atoms with Crippen molar-refractivity contribution in [1.29, 1.82) is 0 Å². The normalized spacial score (nSPS) is 19.8. The Morgan fingerprint density at radius 2 is 1.34 bits per heavy atom. The molecule has 2 aliphatic rings. The van der Waals surface area contributed by atoms with E-state index in [-0.39, 0.29) is 12.0 Å². The van der Waals surface area contributed by atoms with Gasteiger partial charge in [-0.1, -0.05) is 24.0 Å². The smallest absolute Gasteiger partial charge is 0.195 e. The Morgan fingerprint density at radius 1 is 0.759 bits per heavy atom. The molecular formula is C20H19F9. The molecule has 0 saturated heterocycles. The Balaban J connectivity index is 2.49. The lowest BCUT2D eigenvalue weighted by atomic mass is 9.90. The summed E-state index contributed by atoms with van der Waals surface area (Å²) in [7, 11) is 0. The van der Waals surface area contributed by atoms with Gasteiger partial charge in [-0.15, -0.1) is 0 Å². The molecule has 162 valence electrons. The van der Waals surface area contributed by atoms with E-state index in [1.54, 1.807) is 6.08 Å². The fourth-order valence-corrected chi connectivity index (χ4v) is 3.05. The van der Waals surface area contributed by atoms with Gasteiger partial charge in [0.2, 0.25) is 0 Å². The molecule has 2 aliphatic carbocycles. The van der Waals surface area contributed by atoms with E-state index in [0.717, 1.165) is 12.8 Å². The minimum Gasteiger partial charge on any atom is -0.195 e. The van der Waals surface area contributed by atoms with Crippen molar-refractivity contribution < 1.29 is 39.5 Å². The topological polar surface area (TPSA) is 0 Å². The number of hydrogen-bond acceptors (Lipinski definition) is 0. The zero-order valence-corrected chi connectivity index (χ0v) is 15.3. The first-order chi connectivity index (χ1) is 13.3. The minimum atomic E-state index is -6.91. The highest BCUT2D eigenvalue weighted by molar-refractivity contribution is 5.50. The fraction of sp³-hybridized carbons (Fsp3) is 0.600. The van der Waals surface area contributed by atoms with Gasteiger partial charge in [-0.05, 0) is 62.5 Å². The van der Waals surface area contributed by atoms with Crippen LogP contribution in [0.2, 0.25) is 0 Å². The lowest BCUT2D eigenvalue weighted by molar-refractivity contribution is -0.388. The minimum absolute atomic E-state index is 0.144. The van der Waals surface area contributed by atoms with Crippen LogP contribution in [0.15, 0.2) is 34.9 Å². The molecule has 0 saturated carbocycles. The standard InChI is InChI=1S/C20H19F9/c21-17(22,18(23,24)19(25,26)20(27,28)29)13-16(15-9-5-2-6-10-15)12-11-14-7-3-1-4-8-14/h7,9,13H,1-6,8,10H2/b16-13-. The molecule has 0 aromatic heterocycles. The van der Waals surface area contributed by atoms with Gasteiger partial charge in [0.25, 0.3) is 0 Å². The molecule has 0 heterocycles. The fourth-order valence-electron chi connectivity index (χ4n) is 3.05. The van der Waals surface area contributed by atoms with Crippen molar-refractivity contribution in [2.75, 3.05) is 0 Å². The molecule has 9 heteroatoms. The van der Waals surface area contributed by atoms with E-state index in [1.165, 1.54) is 6.08 Å². The van der Waals surface area contributed by atoms with Crippen molar-refractivity contribution in [3.63, 3.8) is 0 Å². The van der Waals surface area contributed by atoms with E-state index in [0.29, 0.717) is 37.7 Å². The Bertz CT molecular complexity index is 755. The highest BCUT2D eigenvalue weighted by Crippen LogP contribution is 2.53. The first-order valence-corrected chi connectivity index (χ1v) is 9.13. The molecule has 2 rings (SSSR count). The van der Waals surface area contributed by atoms with Crippen LogP contribution in [0, 0.1) is 11.8 Å².